The van der Waals surface area contributed by atoms with Crippen molar-refractivity contribution in [3.05, 3.63) is 33.7 Å². The van der Waals surface area contributed by atoms with Gasteiger partial charge in [0.2, 0.25) is 0 Å². The number of guanidine groups is 1. The van der Waals surface area contributed by atoms with E-state index in [1.54, 1.807) is 18.4 Å². The number of thiophene rings is 1. The van der Waals surface area contributed by atoms with Gasteiger partial charge in [-0.15, -0.1) is 11.3 Å². The van der Waals surface area contributed by atoms with Crippen molar-refractivity contribution in [2.45, 2.75) is 13.5 Å². The second-order valence-corrected chi connectivity index (χ2v) is 5.54. The molecule has 1 heterocycles. The van der Waals surface area contributed by atoms with Crippen LogP contribution in [0, 0.1) is 6.92 Å². The maximum atomic E-state index is 6.03. The molecule has 2 rings (SSSR count). The van der Waals surface area contributed by atoms with E-state index in [1.165, 1.54) is 20.5 Å². The highest BCUT2D eigenvalue weighted by Crippen LogP contribution is 2.32. The zero-order valence-electron chi connectivity index (χ0n) is 10.7. The molecule has 0 spiro atoms. The Morgan fingerprint density at radius 2 is 2.22 bits per heavy atom. The third kappa shape index (κ3) is 2.60. The molecular weight excluding hydrogens is 266 g/mol. The van der Waals surface area contributed by atoms with Crippen LogP contribution in [0.25, 0.3) is 10.1 Å². The fourth-order valence-electron chi connectivity index (χ4n) is 1.86. The van der Waals surface area contributed by atoms with Gasteiger partial charge in [0.25, 0.3) is 0 Å². The highest BCUT2D eigenvalue weighted by molar-refractivity contribution is 7.19. The Morgan fingerprint density at radius 1 is 1.44 bits per heavy atom. The Hall–Kier alpha value is -1.26. The lowest BCUT2D eigenvalue weighted by molar-refractivity contribution is 0.875. The fraction of sp³-hybridized carbons (Fsp3) is 0.308. The first-order valence-electron chi connectivity index (χ1n) is 5.71. The van der Waals surface area contributed by atoms with Gasteiger partial charge in [-0.25, -0.2) is 0 Å². The van der Waals surface area contributed by atoms with Gasteiger partial charge in [-0.2, -0.15) is 0 Å². The molecule has 0 radical (unpaired) electrons. The molecule has 1 aromatic carbocycles. The number of fused-ring (bicyclic) bond motifs is 1. The second-order valence-electron chi connectivity index (χ2n) is 3.97. The van der Waals surface area contributed by atoms with Gasteiger partial charge in [0.1, 0.15) is 0 Å². The van der Waals surface area contributed by atoms with Crippen LogP contribution in [-0.2, 0) is 6.54 Å². The second kappa shape index (κ2) is 5.59. The first-order chi connectivity index (χ1) is 8.65. The highest BCUT2D eigenvalue weighted by Gasteiger charge is 2.09. The lowest BCUT2D eigenvalue weighted by Crippen LogP contribution is -2.33. The molecule has 0 aliphatic carbocycles. The van der Waals surface area contributed by atoms with Gasteiger partial charge < -0.3 is 10.6 Å². The Bertz CT molecular complexity index is 589. The van der Waals surface area contributed by atoms with Crippen LogP contribution in [0.4, 0.5) is 0 Å². The zero-order valence-corrected chi connectivity index (χ0v) is 12.2. The lowest BCUT2D eigenvalue weighted by atomic mass is 10.1. The standard InChI is InChI=1S/C13H16ClN3S/c1-8-10-6-9(14)4-5-11(10)18-12(8)7-17-13(15-2)16-3/h4-6H,7H2,1-3H3,(H2,15,16,17). The Labute approximate surface area is 116 Å². The van der Waals surface area contributed by atoms with E-state index in [4.69, 9.17) is 11.6 Å². The summed E-state index contributed by atoms with van der Waals surface area (Å²) >= 11 is 7.82. The molecular formula is C13H16ClN3S. The first-order valence-corrected chi connectivity index (χ1v) is 6.91. The van der Waals surface area contributed by atoms with Gasteiger partial charge in [0, 0.05) is 28.7 Å². The molecule has 0 saturated carbocycles. The van der Waals surface area contributed by atoms with E-state index in [1.807, 2.05) is 19.2 Å². The maximum absolute atomic E-state index is 6.03. The van der Waals surface area contributed by atoms with Crippen LogP contribution in [0.2, 0.25) is 5.02 Å². The van der Waals surface area contributed by atoms with Gasteiger partial charge >= 0.3 is 0 Å². The van der Waals surface area contributed by atoms with Crippen LogP contribution in [0.15, 0.2) is 23.2 Å². The molecule has 18 heavy (non-hydrogen) atoms. The monoisotopic (exact) mass is 281 g/mol. The van der Waals surface area contributed by atoms with Crippen molar-refractivity contribution >= 4 is 39.0 Å². The summed E-state index contributed by atoms with van der Waals surface area (Å²) in [5.74, 6) is 0.796. The van der Waals surface area contributed by atoms with Gasteiger partial charge in [0.05, 0.1) is 6.54 Å². The average Bonchev–Trinajstić information content (AvgIpc) is 2.68. The predicted molar refractivity (Wildman–Crippen MR) is 80.8 cm³/mol. The van der Waals surface area contributed by atoms with Crippen LogP contribution in [0.5, 0.6) is 0 Å². The van der Waals surface area contributed by atoms with Crippen molar-refractivity contribution in [1.29, 1.82) is 0 Å². The van der Waals surface area contributed by atoms with Crippen LogP contribution < -0.4 is 10.6 Å². The molecule has 1 aromatic heterocycles. The van der Waals surface area contributed by atoms with Crippen LogP contribution in [-0.4, -0.2) is 20.1 Å². The summed E-state index contributed by atoms with van der Waals surface area (Å²) in [6.07, 6.45) is 0. The van der Waals surface area contributed by atoms with Crippen molar-refractivity contribution < 1.29 is 0 Å². The van der Waals surface area contributed by atoms with E-state index in [0.717, 1.165) is 17.5 Å². The molecule has 0 unspecified atom stereocenters. The van der Waals surface area contributed by atoms with E-state index in [2.05, 4.69) is 28.6 Å². The number of benzene rings is 1. The lowest BCUT2D eigenvalue weighted by Gasteiger charge is -2.07. The average molecular weight is 282 g/mol. The van der Waals surface area contributed by atoms with E-state index in [9.17, 15) is 0 Å². The van der Waals surface area contributed by atoms with Crippen molar-refractivity contribution in [2.75, 3.05) is 14.1 Å². The summed E-state index contributed by atoms with van der Waals surface area (Å²) in [7, 11) is 3.61. The zero-order chi connectivity index (χ0) is 13.1. The number of hydrogen-bond donors (Lipinski definition) is 2. The number of hydrogen-bond acceptors (Lipinski definition) is 2. The van der Waals surface area contributed by atoms with Crippen molar-refractivity contribution in [1.82, 2.24) is 10.6 Å². The summed E-state index contributed by atoms with van der Waals surface area (Å²) in [4.78, 5) is 5.41. The minimum atomic E-state index is 0.774. The Kier molecular flexibility index (Phi) is 4.09. The topological polar surface area (TPSA) is 36.4 Å². The summed E-state index contributed by atoms with van der Waals surface area (Å²) in [5.41, 5.74) is 1.29. The molecule has 0 fully saturated rings. The number of nitrogens with zero attached hydrogens (tertiary/aromatic N) is 1. The SMILES string of the molecule is CN=C(NC)NCc1sc2ccc(Cl)cc2c1C. The van der Waals surface area contributed by atoms with Crippen molar-refractivity contribution in [2.24, 2.45) is 4.99 Å². The molecule has 0 amide bonds. The molecule has 3 nitrogen and oxygen atoms in total. The van der Waals surface area contributed by atoms with Gasteiger partial charge in [-0.1, -0.05) is 11.6 Å². The molecule has 2 aromatic rings. The number of nitrogens with one attached hydrogen (secondary N) is 2. The number of halogens is 1. The third-order valence-corrected chi connectivity index (χ3v) is 4.38. The summed E-state index contributed by atoms with van der Waals surface area (Å²) < 4.78 is 1.27. The number of aryl methyl sites for hydroxylation is 1. The van der Waals surface area contributed by atoms with E-state index < -0.39 is 0 Å². The predicted octanol–water partition coefficient (Wildman–Crippen LogP) is 3.16. The van der Waals surface area contributed by atoms with Crippen LogP contribution in [0.1, 0.15) is 10.4 Å². The minimum Gasteiger partial charge on any atom is -0.359 e. The van der Waals surface area contributed by atoms with Gasteiger partial charge in [-0.3, -0.25) is 4.99 Å². The maximum Gasteiger partial charge on any atom is 0.191 e. The normalized spacial score (nSPS) is 11.9. The fourth-order valence-corrected chi connectivity index (χ4v) is 3.16. The summed E-state index contributed by atoms with van der Waals surface area (Å²) in [6, 6.07) is 6.04. The molecule has 96 valence electrons. The molecule has 0 aliphatic heterocycles. The van der Waals surface area contributed by atoms with Crippen molar-refractivity contribution in [3.63, 3.8) is 0 Å². The first kappa shape index (κ1) is 13.2. The van der Waals surface area contributed by atoms with E-state index >= 15 is 0 Å². The molecule has 0 bridgehead atoms. The summed E-state index contributed by atoms with van der Waals surface area (Å²) in [6.45, 7) is 2.91. The number of rotatable bonds is 2. The largest absolute Gasteiger partial charge is 0.359 e. The Balaban J connectivity index is 2.26. The summed E-state index contributed by atoms with van der Waals surface area (Å²) in [5, 5.41) is 8.30. The number of aliphatic imine (C=N–C) groups is 1. The highest BCUT2D eigenvalue weighted by atomic mass is 35.5. The molecule has 0 aliphatic rings. The molecule has 0 atom stereocenters. The van der Waals surface area contributed by atoms with Gasteiger partial charge in [-0.05, 0) is 36.1 Å². The van der Waals surface area contributed by atoms with Crippen molar-refractivity contribution in [3.8, 4) is 0 Å². The van der Waals surface area contributed by atoms with E-state index in [-0.39, 0.29) is 0 Å². The minimum absolute atomic E-state index is 0.774. The van der Waals surface area contributed by atoms with Gasteiger partial charge in [0.15, 0.2) is 5.96 Å². The molecule has 0 saturated heterocycles. The molecule has 2 N–H and O–H groups in total. The van der Waals surface area contributed by atoms with Crippen LogP contribution >= 0.6 is 22.9 Å². The van der Waals surface area contributed by atoms with Crippen LogP contribution in [0.3, 0.4) is 0 Å². The third-order valence-electron chi connectivity index (χ3n) is 2.87. The Morgan fingerprint density at radius 3 is 2.89 bits per heavy atom. The smallest absolute Gasteiger partial charge is 0.191 e. The molecule has 5 heteroatoms. The van der Waals surface area contributed by atoms with E-state index in [0.29, 0.717) is 0 Å². The quantitative estimate of drug-likeness (QED) is 0.655.